The van der Waals surface area contributed by atoms with Gasteiger partial charge in [0.1, 0.15) is 0 Å². The SMILES string of the molecule is CCC1CCCN(C(=O)[C@@H]2C[C@@H]2C(=O)O)C1. The van der Waals surface area contributed by atoms with Crippen molar-refractivity contribution >= 4 is 11.9 Å². The summed E-state index contributed by atoms with van der Waals surface area (Å²) in [6.45, 7) is 3.80. The van der Waals surface area contributed by atoms with E-state index in [4.69, 9.17) is 5.11 Å². The summed E-state index contributed by atoms with van der Waals surface area (Å²) in [4.78, 5) is 24.6. The van der Waals surface area contributed by atoms with Crippen molar-refractivity contribution in [3.63, 3.8) is 0 Å². The van der Waals surface area contributed by atoms with Gasteiger partial charge in [-0.15, -0.1) is 0 Å². The smallest absolute Gasteiger partial charge is 0.307 e. The minimum absolute atomic E-state index is 0.0746. The van der Waals surface area contributed by atoms with E-state index in [1.165, 1.54) is 6.42 Å². The topological polar surface area (TPSA) is 57.6 Å². The molecule has 0 aromatic carbocycles. The molecule has 2 rings (SSSR count). The van der Waals surface area contributed by atoms with Crippen LogP contribution in [0.4, 0.5) is 0 Å². The van der Waals surface area contributed by atoms with Crippen LogP contribution in [-0.4, -0.2) is 35.0 Å². The molecule has 4 heteroatoms. The molecule has 2 fully saturated rings. The fraction of sp³-hybridized carbons (Fsp3) is 0.833. The first kappa shape index (κ1) is 11.4. The predicted molar refractivity (Wildman–Crippen MR) is 58.8 cm³/mol. The number of hydrogen-bond acceptors (Lipinski definition) is 2. The van der Waals surface area contributed by atoms with E-state index in [1.807, 2.05) is 4.90 Å². The van der Waals surface area contributed by atoms with Gasteiger partial charge in [-0.2, -0.15) is 0 Å². The average Bonchev–Trinajstić information content (AvgIpc) is 3.08. The molecule has 0 aromatic heterocycles. The Kier molecular flexibility index (Phi) is 3.17. The van der Waals surface area contributed by atoms with Crippen molar-refractivity contribution in [1.29, 1.82) is 0 Å². The zero-order chi connectivity index (χ0) is 11.7. The Bertz CT molecular complexity index is 303. The van der Waals surface area contributed by atoms with Crippen LogP contribution in [0.1, 0.15) is 32.6 Å². The van der Waals surface area contributed by atoms with Crippen LogP contribution in [-0.2, 0) is 9.59 Å². The van der Waals surface area contributed by atoms with E-state index in [-0.39, 0.29) is 11.8 Å². The van der Waals surface area contributed by atoms with E-state index < -0.39 is 11.9 Å². The van der Waals surface area contributed by atoms with Gasteiger partial charge in [0.15, 0.2) is 0 Å². The molecule has 0 bridgehead atoms. The monoisotopic (exact) mass is 225 g/mol. The minimum Gasteiger partial charge on any atom is -0.481 e. The fourth-order valence-corrected chi connectivity index (χ4v) is 2.57. The van der Waals surface area contributed by atoms with Gasteiger partial charge in [0, 0.05) is 13.1 Å². The maximum Gasteiger partial charge on any atom is 0.307 e. The van der Waals surface area contributed by atoms with E-state index in [0.717, 1.165) is 25.9 Å². The molecule has 16 heavy (non-hydrogen) atoms. The Morgan fingerprint density at radius 3 is 2.69 bits per heavy atom. The highest BCUT2D eigenvalue weighted by molar-refractivity contribution is 5.89. The number of rotatable bonds is 3. The molecule has 0 aromatic rings. The maximum absolute atomic E-state index is 12.0. The van der Waals surface area contributed by atoms with Gasteiger partial charge >= 0.3 is 5.97 Å². The van der Waals surface area contributed by atoms with Crippen molar-refractivity contribution < 1.29 is 14.7 Å². The molecule has 1 unspecified atom stereocenters. The molecule has 1 saturated carbocycles. The number of hydrogen-bond donors (Lipinski definition) is 1. The van der Waals surface area contributed by atoms with Gasteiger partial charge in [-0.3, -0.25) is 9.59 Å². The molecule has 1 heterocycles. The van der Waals surface area contributed by atoms with Gasteiger partial charge in [-0.25, -0.2) is 0 Å². The zero-order valence-electron chi connectivity index (χ0n) is 9.69. The van der Waals surface area contributed by atoms with Gasteiger partial charge in [0.05, 0.1) is 11.8 Å². The number of piperidine rings is 1. The lowest BCUT2D eigenvalue weighted by Gasteiger charge is -2.32. The molecule has 4 nitrogen and oxygen atoms in total. The normalized spacial score (nSPS) is 33.6. The summed E-state index contributed by atoms with van der Waals surface area (Å²) in [5, 5.41) is 8.80. The summed E-state index contributed by atoms with van der Waals surface area (Å²) < 4.78 is 0. The van der Waals surface area contributed by atoms with Crippen molar-refractivity contribution in [2.45, 2.75) is 32.6 Å². The number of carbonyl (C=O) groups is 2. The molecule has 3 atom stereocenters. The van der Waals surface area contributed by atoms with E-state index in [9.17, 15) is 9.59 Å². The molecule has 1 N–H and O–H groups in total. The highest BCUT2D eigenvalue weighted by atomic mass is 16.4. The third-order valence-electron chi connectivity index (χ3n) is 3.83. The summed E-state index contributed by atoms with van der Waals surface area (Å²) in [6.07, 6.45) is 3.92. The van der Waals surface area contributed by atoms with Crippen LogP contribution < -0.4 is 0 Å². The molecule has 0 spiro atoms. The number of amides is 1. The summed E-state index contributed by atoms with van der Waals surface area (Å²) in [5.74, 6) is -0.768. The molecule has 0 radical (unpaired) electrons. The summed E-state index contributed by atoms with van der Waals surface area (Å²) in [6, 6.07) is 0. The van der Waals surface area contributed by atoms with Crippen molar-refractivity contribution in [3.05, 3.63) is 0 Å². The van der Waals surface area contributed by atoms with Crippen LogP contribution in [0.15, 0.2) is 0 Å². The van der Waals surface area contributed by atoms with Gasteiger partial charge in [-0.05, 0) is 25.2 Å². The van der Waals surface area contributed by atoms with Gasteiger partial charge < -0.3 is 10.0 Å². The zero-order valence-corrected chi connectivity index (χ0v) is 9.69. The van der Waals surface area contributed by atoms with E-state index in [2.05, 4.69) is 6.92 Å². The summed E-state index contributed by atoms with van der Waals surface area (Å²) >= 11 is 0. The van der Waals surface area contributed by atoms with Crippen molar-refractivity contribution in [2.24, 2.45) is 17.8 Å². The Labute approximate surface area is 95.6 Å². The van der Waals surface area contributed by atoms with Gasteiger partial charge in [0.2, 0.25) is 5.91 Å². The number of carboxylic acids is 1. The molecule has 1 aliphatic carbocycles. The standard InChI is InChI=1S/C12H19NO3/c1-2-8-4-3-5-13(7-8)11(14)9-6-10(9)12(15)16/h8-10H,2-7H2,1H3,(H,15,16)/t8?,9-,10+/m1/s1. The van der Waals surface area contributed by atoms with Crippen LogP contribution in [0, 0.1) is 17.8 Å². The predicted octanol–water partition coefficient (Wildman–Crippen LogP) is 1.36. The quantitative estimate of drug-likeness (QED) is 0.789. The average molecular weight is 225 g/mol. The number of likely N-dealkylation sites (tertiary alicyclic amines) is 1. The molecule has 1 amide bonds. The summed E-state index contributed by atoms with van der Waals surface area (Å²) in [5.41, 5.74) is 0. The van der Waals surface area contributed by atoms with Crippen LogP contribution >= 0.6 is 0 Å². The lowest BCUT2D eigenvalue weighted by molar-refractivity contribution is -0.142. The van der Waals surface area contributed by atoms with E-state index >= 15 is 0 Å². The van der Waals surface area contributed by atoms with Crippen LogP contribution in [0.25, 0.3) is 0 Å². The summed E-state index contributed by atoms with van der Waals surface area (Å²) in [7, 11) is 0. The Balaban J connectivity index is 1.88. The number of carboxylic acid groups (broad SMARTS) is 1. The van der Waals surface area contributed by atoms with Crippen LogP contribution in [0.3, 0.4) is 0 Å². The minimum atomic E-state index is -0.817. The van der Waals surface area contributed by atoms with E-state index in [0.29, 0.717) is 12.3 Å². The molecular formula is C12H19NO3. The maximum atomic E-state index is 12.0. The molecule has 90 valence electrons. The number of nitrogens with zero attached hydrogens (tertiary/aromatic N) is 1. The highest BCUT2D eigenvalue weighted by Gasteiger charge is 2.50. The highest BCUT2D eigenvalue weighted by Crippen LogP contribution is 2.40. The molecule has 1 saturated heterocycles. The lowest BCUT2D eigenvalue weighted by atomic mass is 9.95. The van der Waals surface area contributed by atoms with Crippen LogP contribution in [0.2, 0.25) is 0 Å². The van der Waals surface area contributed by atoms with Gasteiger partial charge in [-0.1, -0.05) is 13.3 Å². The molecule has 2 aliphatic rings. The first-order valence-corrected chi connectivity index (χ1v) is 6.15. The fourth-order valence-electron chi connectivity index (χ4n) is 2.57. The molecule has 1 aliphatic heterocycles. The Hall–Kier alpha value is -1.06. The first-order chi connectivity index (χ1) is 7.63. The first-order valence-electron chi connectivity index (χ1n) is 6.15. The second-order valence-corrected chi connectivity index (χ2v) is 4.99. The van der Waals surface area contributed by atoms with Crippen LogP contribution in [0.5, 0.6) is 0 Å². The second-order valence-electron chi connectivity index (χ2n) is 4.99. The number of carbonyl (C=O) groups excluding carboxylic acids is 1. The lowest BCUT2D eigenvalue weighted by Crippen LogP contribution is -2.41. The molecular weight excluding hydrogens is 206 g/mol. The van der Waals surface area contributed by atoms with Crippen molar-refractivity contribution in [2.75, 3.05) is 13.1 Å². The Morgan fingerprint density at radius 2 is 2.12 bits per heavy atom. The van der Waals surface area contributed by atoms with Crippen molar-refractivity contribution in [1.82, 2.24) is 4.90 Å². The van der Waals surface area contributed by atoms with Crippen molar-refractivity contribution in [3.8, 4) is 0 Å². The third kappa shape index (κ3) is 2.20. The Morgan fingerprint density at radius 1 is 1.38 bits per heavy atom. The largest absolute Gasteiger partial charge is 0.481 e. The van der Waals surface area contributed by atoms with E-state index in [1.54, 1.807) is 0 Å². The third-order valence-corrected chi connectivity index (χ3v) is 3.83. The number of aliphatic carboxylic acids is 1. The van der Waals surface area contributed by atoms with Gasteiger partial charge in [0.25, 0.3) is 0 Å². The second kappa shape index (κ2) is 4.44.